The van der Waals surface area contributed by atoms with E-state index in [2.05, 4.69) is 41.1 Å². The number of hydrogen-bond donors (Lipinski definition) is 2. The fraction of sp³-hybridized carbons (Fsp3) is 0.133. The average Bonchev–Trinajstić information content (AvgIpc) is 3.08. The summed E-state index contributed by atoms with van der Waals surface area (Å²) in [6.45, 7) is 0. The minimum absolute atomic E-state index is 0.611. The smallest absolute Gasteiger partial charge is 0.181 e. The molecule has 6 nitrogen and oxygen atoms in total. The molecule has 3 heterocycles. The molecule has 0 aliphatic rings. The quantitative estimate of drug-likeness (QED) is 0.521. The lowest BCUT2D eigenvalue weighted by molar-refractivity contribution is 0.690. The second kappa shape index (κ2) is 6.59. The van der Waals surface area contributed by atoms with Gasteiger partial charge in [0.1, 0.15) is 5.69 Å². The molecular formula is C15H14BrN5OS. The van der Waals surface area contributed by atoms with E-state index >= 15 is 0 Å². The lowest BCUT2D eigenvalue weighted by Gasteiger charge is -1.93. The van der Waals surface area contributed by atoms with Gasteiger partial charge in [-0.2, -0.15) is 5.10 Å². The zero-order chi connectivity index (χ0) is 16.4. The predicted octanol–water partition coefficient (Wildman–Crippen LogP) is 3.26. The Morgan fingerprint density at radius 1 is 1.22 bits per heavy atom. The molecule has 3 aromatic heterocycles. The number of aromatic nitrogens is 5. The first kappa shape index (κ1) is 15.8. The number of nitrogens with zero attached hydrogens (tertiary/aromatic N) is 3. The first-order valence-electron chi connectivity index (χ1n) is 6.74. The van der Waals surface area contributed by atoms with Crippen molar-refractivity contribution in [3.8, 4) is 11.5 Å². The highest BCUT2D eigenvalue weighted by Gasteiger charge is 2.12. The van der Waals surface area contributed by atoms with Crippen molar-refractivity contribution in [3.05, 3.63) is 41.0 Å². The van der Waals surface area contributed by atoms with Crippen LogP contribution in [0.15, 0.2) is 41.0 Å². The van der Waals surface area contributed by atoms with E-state index in [0.29, 0.717) is 5.65 Å². The summed E-state index contributed by atoms with van der Waals surface area (Å²) in [5, 5.41) is 8.12. The topological polar surface area (TPSA) is 87.3 Å². The van der Waals surface area contributed by atoms with Crippen molar-refractivity contribution in [1.82, 2.24) is 25.1 Å². The molecule has 0 saturated carbocycles. The number of rotatable bonds is 1. The van der Waals surface area contributed by atoms with E-state index in [-0.39, 0.29) is 0 Å². The Hall–Kier alpha value is -2.06. The highest BCUT2D eigenvalue weighted by molar-refractivity contribution is 9.10. The zero-order valence-corrected chi connectivity index (χ0v) is 14.9. The number of H-pyrrole nitrogens is 2. The molecule has 0 fully saturated rings. The third-order valence-corrected chi connectivity index (χ3v) is 3.44. The van der Waals surface area contributed by atoms with Gasteiger partial charge >= 0.3 is 0 Å². The normalized spacial score (nSPS) is 11.0. The minimum Gasteiger partial charge on any atom is -0.337 e. The molecule has 0 radical (unpaired) electrons. The second-order valence-corrected chi connectivity index (χ2v) is 7.37. The summed E-state index contributed by atoms with van der Waals surface area (Å²) >= 11 is 3.42. The molecule has 23 heavy (non-hydrogen) atoms. The van der Waals surface area contributed by atoms with Gasteiger partial charge in [0, 0.05) is 34.0 Å². The Morgan fingerprint density at radius 2 is 1.96 bits per heavy atom. The fourth-order valence-corrected chi connectivity index (χ4v) is 2.46. The molecular weight excluding hydrogens is 378 g/mol. The standard InChI is InChI=1S/C13H8BrN5.C2H6OS/c14-7-5-8-11(18-19-12(8)15-6-7)13-16-9-3-1-2-4-10(9)17-13;1-4(2)3/h1-6H,(H,16,17)(H,15,18,19);1-2H3. The van der Waals surface area contributed by atoms with Crippen molar-refractivity contribution < 1.29 is 4.21 Å². The number of fused-ring (bicyclic) bond motifs is 2. The number of imidazole rings is 1. The molecule has 0 amide bonds. The number of halogens is 1. The zero-order valence-electron chi connectivity index (χ0n) is 12.5. The van der Waals surface area contributed by atoms with Crippen molar-refractivity contribution in [3.63, 3.8) is 0 Å². The summed E-state index contributed by atoms with van der Waals surface area (Å²) in [4.78, 5) is 12.1. The van der Waals surface area contributed by atoms with Crippen LogP contribution in [0.25, 0.3) is 33.6 Å². The molecule has 0 aliphatic carbocycles. The van der Waals surface area contributed by atoms with Crippen molar-refractivity contribution in [2.45, 2.75) is 0 Å². The summed E-state index contributed by atoms with van der Waals surface area (Å²) in [5.74, 6) is 0.767. The van der Waals surface area contributed by atoms with Crippen molar-refractivity contribution in [2.75, 3.05) is 12.5 Å². The van der Waals surface area contributed by atoms with E-state index in [1.54, 1.807) is 18.7 Å². The highest BCUT2D eigenvalue weighted by Crippen LogP contribution is 2.26. The number of nitrogens with one attached hydrogen (secondary N) is 2. The van der Waals surface area contributed by atoms with Gasteiger partial charge in [-0.25, -0.2) is 9.97 Å². The summed E-state index contributed by atoms with van der Waals surface area (Å²) in [6.07, 6.45) is 5.01. The van der Waals surface area contributed by atoms with E-state index < -0.39 is 10.8 Å². The van der Waals surface area contributed by atoms with Gasteiger partial charge in [0.05, 0.1) is 16.4 Å². The molecule has 0 spiro atoms. The second-order valence-electron chi connectivity index (χ2n) is 4.97. The maximum Gasteiger partial charge on any atom is 0.181 e. The average molecular weight is 392 g/mol. The molecule has 0 atom stereocenters. The van der Waals surface area contributed by atoms with Crippen LogP contribution >= 0.6 is 15.9 Å². The van der Waals surface area contributed by atoms with Gasteiger partial charge in [0.15, 0.2) is 11.5 Å². The lowest BCUT2D eigenvalue weighted by atomic mass is 10.2. The number of pyridine rings is 1. The summed E-state index contributed by atoms with van der Waals surface area (Å²) in [7, 11) is -0.611. The van der Waals surface area contributed by atoms with Gasteiger partial charge in [-0.15, -0.1) is 0 Å². The Kier molecular flexibility index (Phi) is 4.53. The number of hydrogen-bond acceptors (Lipinski definition) is 4. The highest BCUT2D eigenvalue weighted by atomic mass is 79.9. The van der Waals surface area contributed by atoms with E-state index in [9.17, 15) is 4.21 Å². The third kappa shape index (κ3) is 3.48. The van der Waals surface area contributed by atoms with Crippen LogP contribution in [-0.4, -0.2) is 41.9 Å². The van der Waals surface area contributed by atoms with Gasteiger partial charge in [-0.1, -0.05) is 12.1 Å². The first-order chi connectivity index (χ1) is 11.0. The van der Waals surface area contributed by atoms with Gasteiger partial charge in [0.25, 0.3) is 0 Å². The van der Waals surface area contributed by atoms with Crippen molar-refractivity contribution in [2.24, 2.45) is 0 Å². The van der Waals surface area contributed by atoms with Crippen LogP contribution in [0.1, 0.15) is 0 Å². The minimum atomic E-state index is -0.611. The number of para-hydroxylation sites is 2. The number of benzene rings is 1. The van der Waals surface area contributed by atoms with Crippen LogP contribution in [0.2, 0.25) is 0 Å². The van der Waals surface area contributed by atoms with E-state index in [1.165, 1.54) is 0 Å². The Balaban J connectivity index is 0.000000354. The molecule has 8 heteroatoms. The Bertz CT molecular complexity index is 957. The van der Waals surface area contributed by atoms with Crippen LogP contribution in [0, 0.1) is 0 Å². The van der Waals surface area contributed by atoms with Crippen LogP contribution in [0.4, 0.5) is 0 Å². The fourth-order valence-electron chi connectivity index (χ4n) is 2.13. The molecule has 0 saturated heterocycles. The maximum absolute atomic E-state index is 9.56. The Morgan fingerprint density at radius 3 is 2.70 bits per heavy atom. The van der Waals surface area contributed by atoms with Gasteiger partial charge < -0.3 is 4.98 Å². The SMILES string of the molecule is Brc1cnc2n[nH]c(-c3nc4ccccc4[nH]3)c2c1.CS(C)=O. The summed E-state index contributed by atoms with van der Waals surface area (Å²) < 4.78 is 10.5. The monoisotopic (exact) mass is 391 g/mol. The first-order valence-corrected chi connectivity index (χ1v) is 9.50. The molecule has 0 bridgehead atoms. The van der Waals surface area contributed by atoms with Gasteiger partial charge in [-0.3, -0.25) is 9.31 Å². The Labute approximate surface area is 143 Å². The molecule has 2 N–H and O–H groups in total. The molecule has 4 aromatic rings. The van der Waals surface area contributed by atoms with Crippen molar-refractivity contribution in [1.29, 1.82) is 0 Å². The largest absolute Gasteiger partial charge is 0.337 e. The van der Waals surface area contributed by atoms with Crippen LogP contribution in [0.5, 0.6) is 0 Å². The van der Waals surface area contributed by atoms with E-state index in [1.807, 2.05) is 30.3 Å². The number of aromatic amines is 2. The lowest BCUT2D eigenvalue weighted by Crippen LogP contribution is -1.81. The van der Waals surface area contributed by atoms with Crippen molar-refractivity contribution >= 4 is 48.8 Å². The van der Waals surface area contributed by atoms with Crippen LogP contribution < -0.4 is 0 Å². The van der Waals surface area contributed by atoms with Gasteiger partial charge in [0.2, 0.25) is 0 Å². The van der Waals surface area contributed by atoms with Crippen LogP contribution in [-0.2, 0) is 10.8 Å². The predicted molar refractivity (Wildman–Crippen MR) is 96.7 cm³/mol. The molecule has 1 aromatic carbocycles. The summed E-state index contributed by atoms with van der Waals surface area (Å²) in [6, 6.07) is 9.90. The third-order valence-electron chi connectivity index (χ3n) is 3.00. The molecule has 0 aliphatic heterocycles. The van der Waals surface area contributed by atoms with Gasteiger partial charge in [-0.05, 0) is 34.1 Å². The van der Waals surface area contributed by atoms with E-state index in [4.69, 9.17) is 0 Å². The molecule has 118 valence electrons. The maximum atomic E-state index is 9.56. The molecule has 4 rings (SSSR count). The van der Waals surface area contributed by atoms with Crippen LogP contribution in [0.3, 0.4) is 0 Å². The van der Waals surface area contributed by atoms with E-state index in [0.717, 1.165) is 32.4 Å². The summed E-state index contributed by atoms with van der Waals surface area (Å²) in [5.41, 5.74) is 3.46. The molecule has 0 unspecified atom stereocenters.